The summed E-state index contributed by atoms with van der Waals surface area (Å²) in [5.74, 6) is 0.159. The predicted octanol–water partition coefficient (Wildman–Crippen LogP) is 2.26. The molecule has 1 fully saturated rings. The van der Waals surface area contributed by atoms with Gasteiger partial charge < -0.3 is 20.1 Å². The molecule has 34 heavy (non-hydrogen) atoms. The van der Waals surface area contributed by atoms with Crippen LogP contribution in [0, 0.1) is 0 Å². The number of nitrogens with zero attached hydrogens (tertiary/aromatic N) is 2. The van der Waals surface area contributed by atoms with Crippen molar-refractivity contribution in [2.45, 2.75) is 11.8 Å². The third kappa shape index (κ3) is 6.17. The number of benzene rings is 2. The molecule has 0 unspecified atom stereocenters. The number of anilines is 2. The number of amides is 2. The van der Waals surface area contributed by atoms with Crippen LogP contribution in [0.1, 0.15) is 6.92 Å². The molecule has 1 aliphatic rings. The topological polar surface area (TPSA) is 117 Å². The highest BCUT2D eigenvalue weighted by Gasteiger charge is 2.31. The summed E-state index contributed by atoms with van der Waals surface area (Å²) in [5, 5.41) is 5.75. The first-order chi connectivity index (χ1) is 16.1. The average molecular weight is 511 g/mol. The number of carbonyl (C=O) groups excluding carboxylic acids is 2. The zero-order valence-electron chi connectivity index (χ0n) is 19.1. The van der Waals surface area contributed by atoms with Crippen LogP contribution in [0.15, 0.2) is 41.3 Å². The lowest BCUT2D eigenvalue weighted by atomic mass is 10.2. The van der Waals surface area contributed by atoms with E-state index >= 15 is 0 Å². The highest BCUT2D eigenvalue weighted by molar-refractivity contribution is 7.89. The van der Waals surface area contributed by atoms with E-state index in [4.69, 9.17) is 21.1 Å². The van der Waals surface area contributed by atoms with Gasteiger partial charge in [0.1, 0.15) is 16.4 Å². The van der Waals surface area contributed by atoms with Gasteiger partial charge in [0.05, 0.1) is 26.5 Å². The van der Waals surface area contributed by atoms with E-state index in [2.05, 4.69) is 10.6 Å². The van der Waals surface area contributed by atoms with Crippen LogP contribution >= 0.6 is 11.6 Å². The molecule has 2 aromatic rings. The number of piperazine rings is 1. The second-order valence-corrected chi connectivity index (χ2v) is 9.96. The minimum absolute atomic E-state index is 0.0137. The Kier molecular flexibility index (Phi) is 8.37. The van der Waals surface area contributed by atoms with E-state index in [1.54, 1.807) is 24.3 Å². The maximum absolute atomic E-state index is 13.1. The van der Waals surface area contributed by atoms with Gasteiger partial charge in [0.15, 0.2) is 0 Å². The first kappa shape index (κ1) is 25.8. The van der Waals surface area contributed by atoms with Crippen molar-refractivity contribution in [2.75, 3.05) is 57.6 Å². The van der Waals surface area contributed by atoms with E-state index in [0.29, 0.717) is 35.2 Å². The van der Waals surface area contributed by atoms with Crippen LogP contribution in [0.2, 0.25) is 5.02 Å². The van der Waals surface area contributed by atoms with Gasteiger partial charge in [-0.05, 0) is 36.4 Å². The normalized spacial score (nSPS) is 14.9. The molecular formula is C22H27ClN4O6S. The highest BCUT2D eigenvalue weighted by Crippen LogP contribution is 2.30. The summed E-state index contributed by atoms with van der Waals surface area (Å²) in [6, 6.07) is 9.39. The Bertz CT molecular complexity index is 1170. The van der Waals surface area contributed by atoms with Gasteiger partial charge in [0, 0.05) is 43.8 Å². The number of nitrogens with one attached hydrogen (secondary N) is 2. The monoisotopic (exact) mass is 510 g/mol. The number of hydrogen-bond donors (Lipinski definition) is 2. The fourth-order valence-corrected chi connectivity index (χ4v) is 5.44. The molecule has 0 aliphatic carbocycles. The molecule has 2 aromatic carbocycles. The largest absolute Gasteiger partial charge is 0.495 e. The summed E-state index contributed by atoms with van der Waals surface area (Å²) in [6.45, 7) is 2.64. The van der Waals surface area contributed by atoms with Gasteiger partial charge in [-0.2, -0.15) is 4.31 Å². The SMILES string of the molecule is COc1ccc(NC(C)=O)cc1NC(=O)CN1CCN(S(=O)(=O)c2cc(Cl)ccc2OC)CC1. The Morgan fingerprint density at radius 1 is 0.971 bits per heavy atom. The molecular weight excluding hydrogens is 484 g/mol. The molecule has 1 heterocycles. The molecule has 3 rings (SSSR count). The minimum Gasteiger partial charge on any atom is -0.495 e. The molecule has 10 nitrogen and oxygen atoms in total. The standard InChI is InChI=1S/C22H27ClN4O6S/c1-15(28)24-17-5-7-19(32-2)18(13-17)25-22(29)14-26-8-10-27(11-9-26)34(30,31)21-12-16(23)4-6-20(21)33-3/h4-7,12-13H,8-11,14H2,1-3H3,(H,24,28)(H,25,29). The van der Waals surface area contributed by atoms with Crippen molar-refractivity contribution < 1.29 is 27.5 Å². The van der Waals surface area contributed by atoms with Crippen molar-refractivity contribution in [3.63, 3.8) is 0 Å². The number of halogens is 1. The van der Waals surface area contributed by atoms with Gasteiger partial charge >= 0.3 is 0 Å². The second-order valence-electron chi connectivity index (χ2n) is 7.62. The van der Waals surface area contributed by atoms with Crippen molar-refractivity contribution in [3.05, 3.63) is 41.4 Å². The van der Waals surface area contributed by atoms with E-state index < -0.39 is 10.0 Å². The molecule has 0 aromatic heterocycles. The summed E-state index contributed by atoms with van der Waals surface area (Å²) in [5.41, 5.74) is 0.951. The molecule has 0 radical (unpaired) electrons. The minimum atomic E-state index is -3.81. The Morgan fingerprint density at radius 2 is 1.62 bits per heavy atom. The smallest absolute Gasteiger partial charge is 0.246 e. The predicted molar refractivity (Wildman–Crippen MR) is 129 cm³/mol. The fourth-order valence-electron chi connectivity index (χ4n) is 3.60. The Balaban J connectivity index is 1.62. The van der Waals surface area contributed by atoms with E-state index in [0.717, 1.165) is 0 Å². The van der Waals surface area contributed by atoms with Crippen molar-refractivity contribution >= 4 is 44.8 Å². The molecule has 0 atom stereocenters. The molecule has 12 heteroatoms. The number of ether oxygens (including phenoxy) is 2. The maximum Gasteiger partial charge on any atom is 0.246 e. The Hall–Kier alpha value is -2.86. The van der Waals surface area contributed by atoms with Crippen molar-refractivity contribution in [2.24, 2.45) is 0 Å². The van der Waals surface area contributed by atoms with Crippen molar-refractivity contribution in [3.8, 4) is 11.5 Å². The summed E-state index contributed by atoms with van der Waals surface area (Å²) in [6.07, 6.45) is 0. The zero-order valence-corrected chi connectivity index (χ0v) is 20.7. The summed E-state index contributed by atoms with van der Waals surface area (Å²) in [7, 11) is -0.920. The number of hydrogen-bond acceptors (Lipinski definition) is 7. The Morgan fingerprint density at radius 3 is 2.24 bits per heavy atom. The van der Waals surface area contributed by atoms with Gasteiger partial charge in [0.2, 0.25) is 21.8 Å². The molecule has 2 N–H and O–H groups in total. The van der Waals surface area contributed by atoms with Gasteiger partial charge in [-0.15, -0.1) is 0 Å². The first-order valence-corrected chi connectivity index (χ1v) is 12.3. The van der Waals surface area contributed by atoms with Crippen LogP contribution < -0.4 is 20.1 Å². The van der Waals surface area contributed by atoms with Gasteiger partial charge in [-0.25, -0.2) is 8.42 Å². The van der Waals surface area contributed by atoms with Crippen LogP contribution in [-0.4, -0.2) is 76.4 Å². The molecule has 1 aliphatic heterocycles. The third-order valence-electron chi connectivity index (χ3n) is 5.24. The van der Waals surface area contributed by atoms with Crippen LogP contribution in [0.25, 0.3) is 0 Å². The number of carbonyl (C=O) groups is 2. The third-order valence-corrected chi connectivity index (χ3v) is 7.39. The highest BCUT2D eigenvalue weighted by atomic mass is 35.5. The van der Waals surface area contributed by atoms with E-state index in [1.807, 2.05) is 4.90 Å². The van der Waals surface area contributed by atoms with Gasteiger partial charge in [-0.3, -0.25) is 14.5 Å². The number of sulfonamides is 1. The second kappa shape index (κ2) is 11.0. The van der Waals surface area contributed by atoms with E-state index in [1.165, 1.54) is 37.6 Å². The van der Waals surface area contributed by atoms with Crippen LogP contribution in [0.3, 0.4) is 0 Å². The van der Waals surface area contributed by atoms with Crippen LogP contribution in [-0.2, 0) is 19.6 Å². The van der Waals surface area contributed by atoms with E-state index in [9.17, 15) is 18.0 Å². The molecule has 184 valence electrons. The molecule has 0 spiro atoms. The maximum atomic E-state index is 13.1. The molecule has 0 saturated carbocycles. The number of rotatable bonds is 8. The Labute approximate surface area is 203 Å². The van der Waals surface area contributed by atoms with Crippen LogP contribution in [0.5, 0.6) is 11.5 Å². The van der Waals surface area contributed by atoms with Crippen molar-refractivity contribution in [1.82, 2.24) is 9.21 Å². The zero-order chi connectivity index (χ0) is 24.9. The summed E-state index contributed by atoms with van der Waals surface area (Å²) >= 11 is 6.00. The summed E-state index contributed by atoms with van der Waals surface area (Å²) < 4.78 is 38.1. The van der Waals surface area contributed by atoms with Gasteiger partial charge in [-0.1, -0.05) is 11.6 Å². The van der Waals surface area contributed by atoms with E-state index in [-0.39, 0.29) is 42.1 Å². The quantitative estimate of drug-likeness (QED) is 0.559. The lowest BCUT2D eigenvalue weighted by Crippen LogP contribution is -2.50. The van der Waals surface area contributed by atoms with Crippen LogP contribution in [0.4, 0.5) is 11.4 Å². The average Bonchev–Trinajstić information content (AvgIpc) is 2.79. The first-order valence-electron chi connectivity index (χ1n) is 10.5. The van der Waals surface area contributed by atoms with Crippen molar-refractivity contribution in [1.29, 1.82) is 0 Å². The number of methoxy groups -OCH3 is 2. The molecule has 1 saturated heterocycles. The fraction of sp³-hybridized carbons (Fsp3) is 0.364. The lowest BCUT2D eigenvalue weighted by Gasteiger charge is -2.33. The lowest BCUT2D eigenvalue weighted by molar-refractivity contribution is -0.117. The van der Waals surface area contributed by atoms with Gasteiger partial charge in [0.25, 0.3) is 0 Å². The molecule has 0 bridgehead atoms. The summed E-state index contributed by atoms with van der Waals surface area (Å²) in [4.78, 5) is 25.8. The molecule has 2 amide bonds.